The second-order valence-corrected chi connectivity index (χ2v) is 7.09. The highest BCUT2D eigenvalue weighted by Gasteiger charge is 2.30. The van der Waals surface area contributed by atoms with Crippen LogP contribution >= 0.6 is 0 Å². The average Bonchev–Trinajstić information content (AvgIpc) is 3.16. The van der Waals surface area contributed by atoms with E-state index in [0.717, 1.165) is 30.4 Å². The Hall–Kier alpha value is -2.69. The summed E-state index contributed by atoms with van der Waals surface area (Å²) in [5.74, 6) is -0.226. The average molecular weight is 368 g/mol. The summed E-state index contributed by atoms with van der Waals surface area (Å²) in [7, 11) is 1.82. The van der Waals surface area contributed by atoms with E-state index >= 15 is 0 Å². The fourth-order valence-electron chi connectivity index (χ4n) is 3.59. The number of benzene rings is 2. The van der Waals surface area contributed by atoms with Crippen LogP contribution in [0, 0.1) is 5.82 Å². The third-order valence-electron chi connectivity index (χ3n) is 5.27. The molecule has 1 aliphatic rings. The standard InChI is InChI=1S/C22H25FN2O2/c1-3-21(26)24-19-12-13-20(14-19)25(2)22(27)17-6-4-15(5-7-17)16-8-10-18(23)11-9-16/h4-11,19-20H,3,12-14H2,1-2H3,(H,24,26)/t19-,20?/m0/s1. The van der Waals surface area contributed by atoms with Crippen LogP contribution < -0.4 is 5.32 Å². The fourth-order valence-corrected chi connectivity index (χ4v) is 3.59. The van der Waals surface area contributed by atoms with Gasteiger partial charge in [-0.25, -0.2) is 4.39 Å². The van der Waals surface area contributed by atoms with Gasteiger partial charge in [0.2, 0.25) is 5.91 Å². The third kappa shape index (κ3) is 4.54. The largest absolute Gasteiger partial charge is 0.353 e. The van der Waals surface area contributed by atoms with Crippen LogP contribution in [0.3, 0.4) is 0 Å². The minimum Gasteiger partial charge on any atom is -0.353 e. The van der Waals surface area contributed by atoms with Crippen LogP contribution in [0.1, 0.15) is 43.0 Å². The van der Waals surface area contributed by atoms with E-state index in [4.69, 9.17) is 0 Å². The highest BCUT2D eigenvalue weighted by Crippen LogP contribution is 2.26. The summed E-state index contributed by atoms with van der Waals surface area (Å²) in [6.07, 6.45) is 3.07. The Kier molecular flexibility index (Phi) is 5.89. The molecule has 1 unspecified atom stereocenters. The zero-order valence-corrected chi connectivity index (χ0v) is 15.7. The van der Waals surface area contributed by atoms with Gasteiger partial charge in [-0.1, -0.05) is 31.2 Å². The van der Waals surface area contributed by atoms with Crippen LogP contribution in [0.4, 0.5) is 4.39 Å². The van der Waals surface area contributed by atoms with Crippen molar-refractivity contribution < 1.29 is 14.0 Å². The first-order chi connectivity index (χ1) is 13.0. The van der Waals surface area contributed by atoms with Crippen molar-refractivity contribution >= 4 is 11.8 Å². The van der Waals surface area contributed by atoms with Gasteiger partial charge in [0.1, 0.15) is 5.82 Å². The van der Waals surface area contributed by atoms with Crippen LogP contribution in [0.15, 0.2) is 48.5 Å². The van der Waals surface area contributed by atoms with E-state index < -0.39 is 0 Å². The minimum absolute atomic E-state index is 0.0203. The molecule has 0 saturated heterocycles. The monoisotopic (exact) mass is 368 g/mol. The highest BCUT2D eigenvalue weighted by atomic mass is 19.1. The molecule has 2 aromatic carbocycles. The predicted octanol–water partition coefficient (Wildman–Crippen LogP) is 4.01. The SMILES string of the molecule is CCC(=O)N[C@H]1CCC(N(C)C(=O)c2ccc(-c3ccc(F)cc3)cc2)C1. The van der Waals surface area contributed by atoms with Crippen LogP contribution in [0.2, 0.25) is 0 Å². The van der Waals surface area contributed by atoms with Gasteiger partial charge in [-0.15, -0.1) is 0 Å². The predicted molar refractivity (Wildman–Crippen MR) is 104 cm³/mol. The van der Waals surface area contributed by atoms with Crippen molar-refractivity contribution in [2.75, 3.05) is 7.05 Å². The summed E-state index contributed by atoms with van der Waals surface area (Å²) in [5.41, 5.74) is 2.48. The van der Waals surface area contributed by atoms with Crippen molar-refractivity contribution in [2.24, 2.45) is 0 Å². The molecule has 0 heterocycles. The zero-order chi connectivity index (χ0) is 19.4. The van der Waals surface area contributed by atoms with Crippen LogP contribution in [-0.4, -0.2) is 35.8 Å². The molecule has 2 amide bonds. The maximum absolute atomic E-state index is 13.1. The summed E-state index contributed by atoms with van der Waals surface area (Å²) >= 11 is 0. The maximum atomic E-state index is 13.1. The molecule has 0 spiro atoms. The molecule has 4 nitrogen and oxygen atoms in total. The Balaban J connectivity index is 1.63. The normalized spacial score (nSPS) is 18.9. The Bertz CT molecular complexity index is 802. The number of halogens is 1. The molecule has 0 aromatic heterocycles. The van der Waals surface area contributed by atoms with Gasteiger partial charge in [0.15, 0.2) is 0 Å². The lowest BCUT2D eigenvalue weighted by molar-refractivity contribution is -0.121. The molecule has 0 bridgehead atoms. The van der Waals surface area contributed by atoms with Crippen molar-refractivity contribution in [3.8, 4) is 11.1 Å². The first kappa shape index (κ1) is 19.1. The molecule has 2 atom stereocenters. The van der Waals surface area contributed by atoms with Crippen LogP contribution in [0.25, 0.3) is 11.1 Å². The van der Waals surface area contributed by atoms with Crippen molar-refractivity contribution in [1.82, 2.24) is 10.2 Å². The second-order valence-electron chi connectivity index (χ2n) is 7.09. The smallest absolute Gasteiger partial charge is 0.253 e. The molecule has 1 aliphatic carbocycles. The number of carbonyl (C=O) groups is 2. The van der Waals surface area contributed by atoms with E-state index in [9.17, 15) is 14.0 Å². The lowest BCUT2D eigenvalue weighted by Gasteiger charge is -2.25. The molecule has 5 heteroatoms. The molecular formula is C22H25FN2O2. The third-order valence-corrected chi connectivity index (χ3v) is 5.27. The number of rotatable bonds is 5. The van der Waals surface area contributed by atoms with Gasteiger partial charge in [-0.3, -0.25) is 9.59 Å². The fraction of sp³-hybridized carbons (Fsp3) is 0.364. The Morgan fingerprint density at radius 1 is 1.04 bits per heavy atom. The number of nitrogens with zero attached hydrogens (tertiary/aromatic N) is 1. The van der Waals surface area contributed by atoms with Gasteiger partial charge in [-0.2, -0.15) is 0 Å². The number of hydrogen-bond donors (Lipinski definition) is 1. The summed E-state index contributed by atoms with van der Waals surface area (Å²) in [6.45, 7) is 1.84. The Labute approximate surface area is 159 Å². The number of amides is 2. The van der Waals surface area contributed by atoms with Crippen molar-refractivity contribution in [2.45, 2.75) is 44.7 Å². The number of nitrogens with one attached hydrogen (secondary N) is 1. The lowest BCUT2D eigenvalue weighted by Crippen LogP contribution is -2.38. The van der Waals surface area contributed by atoms with Gasteiger partial charge < -0.3 is 10.2 Å². The van der Waals surface area contributed by atoms with Crippen molar-refractivity contribution in [1.29, 1.82) is 0 Å². The number of hydrogen-bond acceptors (Lipinski definition) is 2. The lowest BCUT2D eigenvalue weighted by atomic mass is 10.0. The van der Waals surface area contributed by atoms with Gasteiger partial charge in [0.25, 0.3) is 5.91 Å². The Morgan fingerprint density at radius 3 is 2.22 bits per heavy atom. The summed E-state index contributed by atoms with van der Waals surface area (Å²) in [4.78, 5) is 26.1. The van der Waals surface area contributed by atoms with E-state index in [1.54, 1.807) is 17.0 Å². The molecule has 142 valence electrons. The van der Waals surface area contributed by atoms with Gasteiger partial charge in [0.05, 0.1) is 0 Å². The molecule has 3 rings (SSSR count). The molecular weight excluding hydrogens is 343 g/mol. The van der Waals surface area contributed by atoms with E-state index in [0.29, 0.717) is 12.0 Å². The molecule has 0 aliphatic heterocycles. The molecule has 1 saturated carbocycles. The van der Waals surface area contributed by atoms with Gasteiger partial charge >= 0.3 is 0 Å². The maximum Gasteiger partial charge on any atom is 0.253 e. The quantitative estimate of drug-likeness (QED) is 0.867. The molecule has 2 aromatic rings. The molecule has 27 heavy (non-hydrogen) atoms. The number of carbonyl (C=O) groups excluding carboxylic acids is 2. The zero-order valence-electron chi connectivity index (χ0n) is 15.7. The van der Waals surface area contributed by atoms with Crippen LogP contribution in [0.5, 0.6) is 0 Å². The van der Waals surface area contributed by atoms with Crippen molar-refractivity contribution in [3.63, 3.8) is 0 Å². The van der Waals surface area contributed by atoms with E-state index in [2.05, 4.69) is 5.32 Å². The molecule has 1 N–H and O–H groups in total. The molecule has 0 radical (unpaired) electrons. The van der Waals surface area contributed by atoms with Gasteiger partial charge in [0, 0.05) is 31.1 Å². The first-order valence-electron chi connectivity index (χ1n) is 9.40. The van der Waals surface area contributed by atoms with E-state index in [1.165, 1.54) is 12.1 Å². The first-order valence-corrected chi connectivity index (χ1v) is 9.40. The Morgan fingerprint density at radius 2 is 1.63 bits per heavy atom. The van der Waals surface area contributed by atoms with E-state index in [-0.39, 0.29) is 29.7 Å². The molecule has 1 fully saturated rings. The van der Waals surface area contributed by atoms with Crippen molar-refractivity contribution in [3.05, 3.63) is 59.9 Å². The minimum atomic E-state index is -0.267. The topological polar surface area (TPSA) is 49.4 Å². The summed E-state index contributed by atoms with van der Waals surface area (Å²) in [5, 5.41) is 3.02. The van der Waals surface area contributed by atoms with E-state index in [1.807, 2.05) is 38.2 Å². The summed E-state index contributed by atoms with van der Waals surface area (Å²) < 4.78 is 13.1. The second kappa shape index (κ2) is 8.33. The highest BCUT2D eigenvalue weighted by molar-refractivity contribution is 5.94. The van der Waals surface area contributed by atoms with Crippen LogP contribution in [-0.2, 0) is 4.79 Å². The van der Waals surface area contributed by atoms with Gasteiger partial charge in [-0.05, 0) is 54.7 Å². The summed E-state index contributed by atoms with van der Waals surface area (Å²) in [6, 6.07) is 14.0.